The van der Waals surface area contributed by atoms with Crippen molar-refractivity contribution in [3.63, 3.8) is 0 Å². The van der Waals surface area contributed by atoms with Crippen LogP contribution in [0.4, 0.5) is 5.69 Å². The molecule has 108 valence electrons. The second kappa shape index (κ2) is 7.40. The largest absolute Gasteiger partial charge is 0.481 e. The first-order valence-corrected chi connectivity index (χ1v) is 6.30. The Kier molecular flexibility index (Phi) is 5.86. The van der Waals surface area contributed by atoms with Crippen LogP contribution in [0.1, 0.15) is 12.0 Å². The third-order valence-corrected chi connectivity index (χ3v) is 2.91. The molecule has 1 aromatic rings. The minimum atomic E-state index is -1.18. The van der Waals surface area contributed by atoms with Crippen LogP contribution in [0.2, 0.25) is 0 Å². The Morgan fingerprint density at radius 1 is 1.45 bits per heavy atom. The maximum Gasteiger partial charge on any atom is 0.312 e. The number of carbonyl (C=O) groups is 2. The number of carbonyl (C=O) groups excluding carboxylic acids is 1. The highest BCUT2D eigenvalue weighted by Gasteiger charge is 2.26. The SMILES string of the molecule is Cc1cccc(NCCC(C(=N)C(=O)CN)C(=O)O)c1. The number of carboxylic acid groups (broad SMARTS) is 1. The van der Waals surface area contributed by atoms with Gasteiger partial charge in [0.1, 0.15) is 5.92 Å². The summed E-state index contributed by atoms with van der Waals surface area (Å²) in [4.78, 5) is 22.4. The molecule has 5 N–H and O–H groups in total. The standard InChI is InChI=1S/C14H19N3O3/c1-9-3-2-4-10(7-9)17-6-5-11(14(19)20)13(16)12(18)8-15/h2-4,7,11,16-17H,5-6,8,15H2,1H3,(H,19,20). The fourth-order valence-electron chi connectivity index (χ4n) is 1.81. The van der Waals surface area contributed by atoms with Crippen LogP contribution >= 0.6 is 0 Å². The van der Waals surface area contributed by atoms with Gasteiger partial charge in [0.25, 0.3) is 0 Å². The van der Waals surface area contributed by atoms with Gasteiger partial charge in [-0.1, -0.05) is 12.1 Å². The quantitative estimate of drug-likeness (QED) is 0.530. The minimum Gasteiger partial charge on any atom is -0.481 e. The lowest BCUT2D eigenvalue weighted by molar-refractivity contribution is -0.139. The van der Waals surface area contributed by atoms with Crippen molar-refractivity contribution in [2.24, 2.45) is 11.7 Å². The van der Waals surface area contributed by atoms with Gasteiger partial charge in [-0.2, -0.15) is 0 Å². The van der Waals surface area contributed by atoms with Gasteiger partial charge >= 0.3 is 5.97 Å². The first-order chi connectivity index (χ1) is 9.45. The summed E-state index contributed by atoms with van der Waals surface area (Å²) in [6.07, 6.45) is 0.161. The molecule has 1 atom stereocenters. The summed E-state index contributed by atoms with van der Waals surface area (Å²) >= 11 is 0. The van der Waals surface area contributed by atoms with E-state index in [-0.39, 0.29) is 13.0 Å². The zero-order valence-corrected chi connectivity index (χ0v) is 11.3. The lowest BCUT2D eigenvalue weighted by Crippen LogP contribution is -2.34. The van der Waals surface area contributed by atoms with Crippen LogP contribution < -0.4 is 11.1 Å². The maximum absolute atomic E-state index is 11.3. The summed E-state index contributed by atoms with van der Waals surface area (Å²) in [5, 5.41) is 19.7. The van der Waals surface area contributed by atoms with E-state index in [9.17, 15) is 9.59 Å². The van der Waals surface area contributed by atoms with Gasteiger partial charge in [0.15, 0.2) is 5.78 Å². The molecule has 0 aliphatic rings. The second-order valence-electron chi connectivity index (χ2n) is 4.52. The number of aliphatic carboxylic acids is 1. The molecule has 0 fully saturated rings. The zero-order chi connectivity index (χ0) is 15.1. The lowest BCUT2D eigenvalue weighted by atomic mass is 9.96. The van der Waals surface area contributed by atoms with Crippen LogP contribution in [-0.4, -0.2) is 35.7 Å². The van der Waals surface area contributed by atoms with Crippen molar-refractivity contribution in [3.05, 3.63) is 29.8 Å². The summed E-state index contributed by atoms with van der Waals surface area (Å²) in [5.41, 5.74) is 6.68. The number of nitrogens with one attached hydrogen (secondary N) is 2. The zero-order valence-electron chi connectivity index (χ0n) is 11.3. The van der Waals surface area contributed by atoms with Crippen LogP contribution in [0, 0.1) is 18.3 Å². The van der Waals surface area contributed by atoms with Gasteiger partial charge in [-0.05, 0) is 31.0 Å². The van der Waals surface area contributed by atoms with Gasteiger partial charge in [0.05, 0.1) is 12.3 Å². The van der Waals surface area contributed by atoms with Crippen LogP contribution in [-0.2, 0) is 9.59 Å². The van der Waals surface area contributed by atoms with E-state index in [4.69, 9.17) is 16.2 Å². The average Bonchev–Trinajstić information content (AvgIpc) is 2.41. The first kappa shape index (κ1) is 15.8. The van der Waals surface area contributed by atoms with Crippen LogP contribution in [0.15, 0.2) is 24.3 Å². The Hall–Kier alpha value is -2.21. The number of rotatable bonds is 8. The van der Waals surface area contributed by atoms with E-state index in [0.717, 1.165) is 11.3 Å². The number of aryl methyl sites for hydroxylation is 1. The third kappa shape index (κ3) is 4.47. The third-order valence-electron chi connectivity index (χ3n) is 2.91. The highest BCUT2D eigenvalue weighted by Crippen LogP contribution is 2.12. The molecule has 0 heterocycles. The molecule has 20 heavy (non-hydrogen) atoms. The van der Waals surface area contributed by atoms with Crippen LogP contribution in [0.3, 0.4) is 0 Å². The average molecular weight is 277 g/mol. The topological polar surface area (TPSA) is 116 Å². The fraction of sp³-hybridized carbons (Fsp3) is 0.357. The summed E-state index contributed by atoms with van der Waals surface area (Å²) in [7, 11) is 0. The van der Waals surface area contributed by atoms with Gasteiger partial charge < -0.3 is 21.6 Å². The number of hydrogen-bond donors (Lipinski definition) is 4. The van der Waals surface area contributed by atoms with E-state index in [0.29, 0.717) is 6.54 Å². The minimum absolute atomic E-state index is 0.161. The Morgan fingerprint density at radius 2 is 2.15 bits per heavy atom. The molecule has 0 aromatic heterocycles. The van der Waals surface area contributed by atoms with Gasteiger partial charge in [0.2, 0.25) is 0 Å². The number of Topliss-reactive ketones (excluding diaryl/α,β-unsaturated/α-hetero) is 1. The molecular weight excluding hydrogens is 258 g/mol. The van der Waals surface area contributed by atoms with Crippen molar-refractivity contribution in [2.75, 3.05) is 18.4 Å². The van der Waals surface area contributed by atoms with Gasteiger partial charge in [0, 0.05) is 12.2 Å². The van der Waals surface area contributed by atoms with Gasteiger partial charge in [-0.15, -0.1) is 0 Å². The summed E-state index contributed by atoms with van der Waals surface area (Å²) < 4.78 is 0. The van der Waals surface area contributed by atoms with Crippen LogP contribution in [0.5, 0.6) is 0 Å². The number of nitrogens with two attached hydrogens (primary N) is 1. The Labute approximate surface area is 117 Å². The number of ketones is 1. The molecule has 0 saturated carbocycles. The lowest BCUT2D eigenvalue weighted by Gasteiger charge is -2.13. The summed E-state index contributed by atoms with van der Waals surface area (Å²) in [6.45, 7) is 1.98. The Balaban J connectivity index is 2.58. The molecular formula is C14H19N3O3. The van der Waals surface area contributed by atoms with Crippen molar-refractivity contribution in [1.29, 1.82) is 5.41 Å². The second-order valence-corrected chi connectivity index (χ2v) is 4.52. The Morgan fingerprint density at radius 3 is 2.70 bits per heavy atom. The molecule has 0 saturated heterocycles. The monoisotopic (exact) mass is 277 g/mol. The van der Waals surface area contributed by atoms with E-state index in [1.807, 2.05) is 31.2 Å². The highest BCUT2D eigenvalue weighted by molar-refractivity contribution is 6.42. The van der Waals surface area contributed by atoms with Crippen LogP contribution in [0.25, 0.3) is 0 Å². The number of hydrogen-bond acceptors (Lipinski definition) is 5. The van der Waals surface area contributed by atoms with Crippen molar-refractivity contribution in [3.8, 4) is 0 Å². The number of anilines is 1. The molecule has 0 bridgehead atoms. The van der Waals surface area contributed by atoms with Gasteiger partial charge in [-0.25, -0.2) is 0 Å². The molecule has 0 radical (unpaired) electrons. The summed E-state index contributed by atoms with van der Waals surface area (Å²) in [5.74, 6) is -2.93. The van der Waals surface area contributed by atoms with E-state index in [1.54, 1.807) is 0 Å². The molecule has 1 unspecified atom stereocenters. The molecule has 1 aromatic carbocycles. The maximum atomic E-state index is 11.3. The molecule has 0 aliphatic carbocycles. The Bertz CT molecular complexity index is 514. The normalized spacial score (nSPS) is 11.7. The first-order valence-electron chi connectivity index (χ1n) is 6.30. The molecule has 0 aliphatic heterocycles. The van der Waals surface area contributed by atoms with E-state index in [1.165, 1.54) is 0 Å². The van der Waals surface area contributed by atoms with E-state index < -0.39 is 23.4 Å². The van der Waals surface area contributed by atoms with E-state index >= 15 is 0 Å². The van der Waals surface area contributed by atoms with Crippen molar-refractivity contribution in [1.82, 2.24) is 0 Å². The number of carboxylic acids is 1. The predicted molar refractivity (Wildman–Crippen MR) is 77.2 cm³/mol. The molecule has 6 nitrogen and oxygen atoms in total. The molecule has 6 heteroatoms. The molecule has 0 amide bonds. The van der Waals surface area contributed by atoms with Crippen molar-refractivity contribution < 1.29 is 14.7 Å². The number of benzene rings is 1. The molecule has 0 spiro atoms. The summed E-state index contributed by atoms with van der Waals surface area (Å²) in [6, 6.07) is 7.67. The predicted octanol–water partition coefficient (Wildman–Crippen LogP) is 1.05. The smallest absolute Gasteiger partial charge is 0.312 e. The van der Waals surface area contributed by atoms with Crippen molar-refractivity contribution >= 4 is 23.2 Å². The van der Waals surface area contributed by atoms with Gasteiger partial charge in [-0.3, -0.25) is 9.59 Å². The highest BCUT2D eigenvalue weighted by atomic mass is 16.4. The molecule has 1 rings (SSSR count). The van der Waals surface area contributed by atoms with Crippen molar-refractivity contribution in [2.45, 2.75) is 13.3 Å². The fourth-order valence-corrected chi connectivity index (χ4v) is 1.81. The van der Waals surface area contributed by atoms with E-state index in [2.05, 4.69) is 5.32 Å².